The zero-order valence-corrected chi connectivity index (χ0v) is 18.9. The predicted molar refractivity (Wildman–Crippen MR) is 132 cm³/mol. The molecule has 0 spiro atoms. The van der Waals surface area contributed by atoms with E-state index in [-0.39, 0.29) is 0 Å². The van der Waals surface area contributed by atoms with Crippen LogP contribution in [0.1, 0.15) is 5.56 Å². The van der Waals surface area contributed by atoms with Crippen molar-refractivity contribution in [3.05, 3.63) is 107 Å². The van der Waals surface area contributed by atoms with Gasteiger partial charge >= 0.3 is 0 Å². The van der Waals surface area contributed by atoms with Gasteiger partial charge in [0.05, 0.1) is 26.8 Å². The number of hydrogen-bond acceptors (Lipinski definition) is 4. The number of aliphatic imine (C=N–C) groups is 1. The van der Waals surface area contributed by atoms with Crippen LogP contribution >= 0.6 is 11.6 Å². The van der Waals surface area contributed by atoms with Gasteiger partial charge in [0.15, 0.2) is 5.60 Å². The summed E-state index contributed by atoms with van der Waals surface area (Å²) in [7, 11) is 1.69. The molecule has 0 amide bonds. The maximum absolute atomic E-state index is 6.60. The van der Waals surface area contributed by atoms with E-state index in [4.69, 9.17) is 21.1 Å². The summed E-state index contributed by atoms with van der Waals surface area (Å²) in [6.07, 6.45) is 4.46. The Labute approximate surface area is 194 Å². The number of anilines is 2. The van der Waals surface area contributed by atoms with Crippen molar-refractivity contribution in [2.75, 3.05) is 31.7 Å². The van der Waals surface area contributed by atoms with Gasteiger partial charge in [0, 0.05) is 22.6 Å². The van der Waals surface area contributed by atoms with Crippen LogP contribution in [0.2, 0.25) is 5.02 Å². The second-order valence-corrected chi connectivity index (χ2v) is 8.14. The molecule has 0 fully saturated rings. The molecule has 3 aromatic carbocycles. The normalized spacial score (nSPS) is 17.6. The first-order valence-electron chi connectivity index (χ1n) is 10.7. The van der Waals surface area contributed by atoms with Gasteiger partial charge in [-0.3, -0.25) is 4.99 Å². The standard InChI is InChI=1S/C27H27ClN2O2/c1-31-26-16-18-29-20-27(26,32-19-17-22-12-14-23(28)15-13-22)21-30(24-8-4-2-5-9-24)25-10-6-3-7-11-25/h2-16,18H,17,19-21H2,1H3. The lowest BCUT2D eigenvalue weighted by Crippen LogP contribution is -2.50. The van der Waals surface area contributed by atoms with Crippen LogP contribution in [0, 0.1) is 0 Å². The molecule has 5 heteroatoms. The van der Waals surface area contributed by atoms with Gasteiger partial charge in [-0.1, -0.05) is 60.1 Å². The molecule has 1 aliphatic rings. The summed E-state index contributed by atoms with van der Waals surface area (Å²) in [5.41, 5.74) is 2.64. The molecule has 1 unspecified atom stereocenters. The minimum atomic E-state index is -0.707. The van der Waals surface area contributed by atoms with E-state index in [0.29, 0.717) is 19.7 Å². The smallest absolute Gasteiger partial charge is 0.162 e. The Hall–Kier alpha value is -3.08. The van der Waals surface area contributed by atoms with Crippen LogP contribution in [0.15, 0.2) is 102 Å². The third-order valence-corrected chi connectivity index (χ3v) is 5.83. The third kappa shape index (κ3) is 5.21. The molecule has 0 aliphatic carbocycles. The monoisotopic (exact) mass is 446 g/mol. The van der Waals surface area contributed by atoms with Crippen LogP contribution in [-0.4, -0.2) is 38.6 Å². The predicted octanol–water partition coefficient (Wildman–Crippen LogP) is 6.09. The number of halogens is 1. The number of ether oxygens (including phenoxy) is 2. The Balaban J connectivity index is 1.62. The second-order valence-electron chi connectivity index (χ2n) is 7.70. The van der Waals surface area contributed by atoms with Crippen LogP contribution in [0.4, 0.5) is 11.4 Å². The number of benzene rings is 3. The van der Waals surface area contributed by atoms with Crippen molar-refractivity contribution in [3.63, 3.8) is 0 Å². The van der Waals surface area contributed by atoms with Gasteiger partial charge in [-0.15, -0.1) is 0 Å². The van der Waals surface area contributed by atoms with Crippen molar-refractivity contribution in [3.8, 4) is 0 Å². The summed E-state index contributed by atoms with van der Waals surface area (Å²) < 4.78 is 12.4. The highest BCUT2D eigenvalue weighted by molar-refractivity contribution is 6.30. The Morgan fingerprint density at radius 2 is 1.53 bits per heavy atom. The Bertz CT molecular complexity index is 1010. The van der Waals surface area contributed by atoms with Crippen LogP contribution < -0.4 is 4.90 Å². The lowest BCUT2D eigenvalue weighted by molar-refractivity contribution is -0.0366. The molecule has 32 heavy (non-hydrogen) atoms. The first-order chi connectivity index (χ1) is 15.7. The van der Waals surface area contributed by atoms with E-state index in [9.17, 15) is 0 Å². The van der Waals surface area contributed by atoms with Crippen molar-refractivity contribution in [2.24, 2.45) is 4.99 Å². The zero-order valence-electron chi connectivity index (χ0n) is 18.2. The Morgan fingerprint density at radius 3 is 2.12 bits per heavy atom. The number of para-hydroxylation sites is 2. The maximum Gasteiger partial charge on any atom is 0.162 e. The number of methoxy groups -OCH3 is 1. The van der Waals surface area contributed by atoms with E-state index in [2.05, 4.69) is 34.2 Å². The Morgan fingerprint density at radius 1 is 0.906 bits per heavy atom. The fourth-order valence-corrected chi connectivity index (χ4v) is 4.04. The number of hydrogen-bond donors (Lipinski definition) is 0. The quantitative estimate of drug-likeness (QED) is 0.398. The molecule has 0 bridgehead atoms. The average Bonchev–Trinajstić information content (AvgIpc) is 2.85. The van der Waals surface area contributed by atoms with Crippen molar-refractivity contribution in [2.45, 2.75) is 12.0 Å². The topological polar surface area (TPSA) is 34.1 Å². The van der Waals surface area contributed by atoms with Crippen molar-refractivity contribution >= 4 is 29.2 Å². The highest BCUT2D eigenvalue weighted by atomic mass is 35.5. The molecule has 0 saturated carbocycles. The van der Waals surface area contributed by atoms with Crippen molar-refractivity contribution in [1.82, 2.24) is 0 Å². The molecule has 1 aliphatic heterocycles. The third-order valence-electron chi connectivity index (χ3n) is 5.58. The molecule has 0 aromatic heterocycles. The molecule has 1 heterocycles. The second kappa shape index (κ2) is 10.5. The number of rotatable bonds is 9. The molecule has 0 radical (unpaired) electrons. The summed E-state index contributed by atoms with van der Waals surface area (Å²) in [4.78, 5) is 6.82. The highest BCUT2D eigenvalue weighted by Gasteiger charge is 2.40. The fourth-order valence-electron chi connectivity index (χ4n) is 3.91. The molecule has 0 N–H and O–H groups in total. The van der Waals surface area contributed by atoms with Crippen LogP contribution in [0.25, 0.3) is 0 Å². The van der Waals surface area contributed by atoms with E-state index in [1.807, 2.05) is 66.7 Å². The fraction of sp³-hybridized carbons (Fsp3) is 0.222. The van der Waals surface area contributed by atoms with Gasteiger partial charge in [-0.05, 0) is 54.5 Å². The van der Waals surface area contributed by atoms with Gasteiger partial charge in [0.1, 0.15) is 5.76 Å². The van der Waals surface area contributed by atoms with Gasteiger partial charge in [-0.2, -0.15) is 0 Å². The van der Waals surface area contributed by atoms with E-state index in [1.165, 1.54) is 5.56 Å². The molecular weight excluding hydrogens is 420 g/mol. The minimum absolute atomic E-state index is 0.490. The molecule has 0 saturated heterocycles. The van der Waals surface area contributed by atoms with Crippen LogP contribution in [-0.2, 0) is 15.9 Å². The Kier molecular flexibility index (Phi) is 7.25. The van der Waals surface area contributed by atoms with E-state index >= 15 is 0 Å². The molecule has 164 valence electrons. The number of dihydropyridines is 1. The zero-order chi connectivity index (χ0) is 22.2. The van der Waals surface area contributed by atoms with Gasteiger partial charge in [-0.25, -0.2) is 0 Å². The first kappa shape index (κ1) is 22.1. The molecule has 4 nitrogen and oxygen atoms in total. The van der Waals surface area contributed by atoms with Crippen LogP contribution in [0.5, 0.6) is 0 Å². The summed E-state index contributed by atoms with van der Waals surface area (Å²) in [5, 5.41) is 0.735. The highest BCUT2D eigenvalue weighted by Crippen LogP contribution is 2.33. The molecule has 1 atom stereocenters. The lowest BCUT2D eigenvalue weighted by Gasteiger charge is -2.40. The molecular formula is C27H27ClN2O2. The summed E-state index contributed by atoms with van der Waals surface area (Å²) >= 11 is 6.02. The average molecular weight is 447 g/mol. The summed E-state index contributed by atoms with van der Waals surface area (Å²) in [5.74, 6) is 0.778. The molecule has 3 aromatic rings. The van der Waals surface area contributed by atoms with E-state index < -0.39 is 5.60 Å². The van der Waals surface area contributed by atoms with Crippen LogP contribution in [0.3, 0.4) is 0 Å². The summed E-state index contributed by atoms with van der Waals surface area (Å²) in [6, 6.07) is 28.5. The minimum Gasteiger partial charge on any atom is -0.498 e. The first-order valence-corrected chi connectivity index (χ1v) is 11.1. The van der Waals surface area contributed by atoms with Gasteiger partial charge in [0.2, 0.25) is 0 Å². The lowest BCUT2D eigenvalue weighted by atomic mass is 9.96. The largest absolute Gasteiger partial charge is 0.498 e. The number of allylic oxidation sites excluding steroid dienone is 1. The van der Waals surface area contributed by atoms with E-state index in [0.717, 1.165) is 28.6 Å². The molecule has 4 rings (SSSR count). The van der Waals surface area contributed by atoms with Crippen molar-refractivity contribution < 1.29 is 9.47 Å². The van der Waals surface area contributed by atoms with E-state index in [1.54, 1.807) is 13.3 Å². The SMILES string of the molecule is COC1=CC=NCC1(CN(c1ccccc1)c1ccccc1)OCCc1ccc(Cl)cc1. The van der Waals surface area contributed by atoms with Gasteiger partial charge < -0.3 is 14.4 Å². The maximum atomic E-state index is 6.60. The summed E-state index contributed by atoms with van der Waals surface area (Å²) in [6.45, 7) is 1.59. The van der Waals surface area contributed by atoms with Crippen molar-refractivity contribution in [1.29, 1.82) is 0 Å². The van der Waals surface area contributed by atoms with Gasteiger partial charge in [0.25, 0.3) is 0 Å². The number of nitrogens with zero attached hydrogens (tertiary/aromatic N) is 2.